The van der Waals surface area contributed by atoms with Crippen molar-refractivity contribution in [2.24, 2.45) is 11.8 Å². The van der Waals surface area contributed by atoms with E-state index in [-0.39, 0.29) is 23.7 Å². The number of piperazine rings is 1. The number of carbonyl (C=O) groups is 2. The van der Waals surface area contributed by atoms with Crippen molar-refractivity contribution in [1.82, 2.24) is 5.32 Å². The molecule has 0 bridgehead atoms. The number of amides is 2. The van der Waals surface area contributed by atoms with Gasteiger partial charge in [0.05, 0.1) is 5.69 Å². The molecule has 1 saturated heterocycles. The van der Waals surface area contributed by atoms with Gasteiger partial charge in [-0.15, -0.1) is 0 Å². The summed E-state index contributed by atoms with van der Waals surface area (Å²) in [7, 11) is 0. The van der Waals surface area contributed by atoms with Crippen LogP contribution in [-0.4, -0.2) is 23.9 Å². The molecule has 4 nitrogen and oxygen atoms in total. The van der Waals surface area contributed by atoms with Crippen LogP contribution in [0.25, 0.3) is 0 Å². The molecule has 0 spiro atoms. The number of nitrogens with zero attached hydrogens (tertiary/aromatic N) is 1. The lowest BCUT2D eigenvalue weighted by atomic mass is 9.92. The standard InChI is InChI=1S/C16H21IN2O2/c1-9(2)13-16(21)19(12-8-6-5-7-11(12)17)14(10(3)4)15(20)18-13/h5-10,13-14H,1-4H3,(H,18,20). The first-order valence-electron chi connectivity index (χ1n) is 7.22. The molecule has 1 aromatic carbocycles. The van der Waals surface area contributed by atoms with Gasteiger partial charge in [0.2, 0.25) is 5.91 Å². The normalized spacial score (nSPS) is 22.9. The smallest absolute Gasteiger partial charge is 0.250 e. The van der Waals surface area contributed by atoms with E-state index < -0.39 is 12.1 Å². The van der Waals surface area contributed by atoms with Crippen molar-refractivity contribution >= 4 is 40.1 Å². The van der Waals surface area contributed by atoms with E-state index >= 15 is 0 Å². The van der Waals surface area contributed by atoms with Gasteiger partial charge >= 0.3 is 0 Å². The molecule has 1 aromatic rings. The summed E-state index contributed by atoms with van der Waals surface area (Å²) in [5.74, 6) is 0.0341. The number of benzene rings is 1. The fourth-order valence-corrected chi connectivity index (χ4v) is 3.32. The van der Waals surface area contributed by atoms with Crippen molar-refractivity contribution in [3.63, 3.8) is 0 Å². The molecular formula is C16H21IN2O2. The Morgan fingerprint density at radius 2 is 1.71 bits per heavy atom. The topological polar surface area (TPSA) is 49.4 Å². The van der Waals surface area contributed by atoms with Crippen LogP contribution in [0, 0.1) is 15.4 Å². The van der Waals surface area contributed by atoms with Gasteiger partial charge in [0.15, 0.2) is 0 Å². The van der Waals surface area contributed by atoms with E-state index in [1.165, 1.54) is 0 Å². The predicted octanol–water partition coefficient (Wildman–Crippen LogP) is 2.80. The van der Waals surface area contributed by atoms with Crippen LogP contribution in [0.1, 0.15) is 27.7 Å². The first-order chi connectivity index (χ1) is 9.84. The molecule has 1 N–H and O–H groups in total. The van der Waals surface area contributed by atoms with Crippen LogP contribution in [0.3, 0.4) is 0 Å². The maximum Gasteiger partial charge on any atom is 0.250 e. The van der Waals surface area contributed by atoms with E-state index in [2.05, 4.69) is 27.9 Å². The second-order valence-corrected chi connectivity index (χ2v) is 7.24. The van der Waals surface area contributed by atoms with E-state index in [1.807, 2.05) is 52.0 Å². The molecule has 2 unspecified atom stereocenters. The van der Waals surface area contributed by atoms with Gasteiger partial charge in [0.1, 0.15) is 12.1 Å². The van der Waals surface area contributed by atoms with Gasteiger partial charge < -0.3 is 5.32 Å². The Labute approximate surface area is 139 Å². The molecular weight excluding hydrogens is 379 g/mol. The monoisotopic (exact) mass is 400 g/mol. The van der Waals surface area contributed by atoms with Crippen LogP contribution in [0.5, 0.6) is 0 Å². The van der Waals surface area contributed by atoms with Gasteiger partial charge in [-0.1, -0.05) is 39.8 Å². The lowest BCUT2D eigenvalue weighted by Crippen LogP contribution is -2.66. The fraction of sp³-hybridized carbons (Fsp3) is 0.500. The zero-order chi connectivity index (χ0) is 15.7. The van der Waals surface area contributed by atoms with Crippen LogP contribution in [0.4, 0.5) is 5.69 Å². The summed E-state index contributed by atoms with van der Waals surface area (Å²) in [4.78, 5) is 27.1. The second-order valence-electron chi connectivity index (χ2n) is 6.08. The summed E-state index contributed by atoms with van der Waals surface area (Å²) in [6.07, 6.45) is 0. The fourth-order valence-electron chi connectivity index (χ4n) is 2.67. The van der Waals surface area contributed by atoms with Crippen LogP contribution < -0.4 is 10.2 Å². The minimum atomic E-state index is -0.455. The summed E-state index contributed by atoms with van der Waals surface area (Å²) in [6, 6.07) is 6.79. The van der Waals surface area contributed by atoms with Crippen molar-refractivity contribution in [3.05, 3.63) is 27.8 Å². The average molecular weight is 400 g/mol. The molecule has 21 heavy (non-hydrogen) atoms. The van der Waals surface area contributed by atoms with Crippen molar-refractivity contribution in [1.29, 1.82) is 0 Å². The lowest BCUT2D eigenvalue weighted by Gasteiger charge is -2.42. The molecule has 2 amide bonds. The Morgan fingerprint density at radius 1 is 1.10 bits per heavy atom. The Balaban J connectivity index is 2.52. The third kappa shape index (κ3) is 3.07. The third-order valence-electron chi connectivity index (χ3n) is 3.76. The minimum absolute atomic E-state index is 0.0209. The zero-order valence-corrected chi connectivity index (χ0v) is 14.9. The molecule has 1 heterocycles. The van der Waals surface area contributed by atoms with Crippen LogP contribution in [0.15, 0.2) is 24.3 Å². The van der Waals surface area contributed by atoms with Gasteiger partial charge in [-0.3, -0.25) is 14.5 Å². The van der Waals surface area contributed by atoms with E-state index in [4.69, 9.17) is 0 Å². The predicted molar refractivity (Wildman–Crippen MR) is 92.0 cm³/mol. The van der Waals surface area contributed by atoms with Gasteiger partial charge in [-0.05, 0) is 46.6 Å². The summed E-state index contributed by atoms with van der Waals surface area (Å²) in [5.41, 5.74) is 0.822. The molecule has 114 valence electrons. The van der Waals surface area contributed by atoms with Crippen molar-refractivity contribution < 1.29 is 9.59 Å². The number of nitrogens with one attached hydrogen (secondary N) is 1. The quantitative estimate of drug-likeness (QED) is 0.794. The number of hydrogen-bond donors (Lipinski definition) is 1. The Kier molecular flexibility index (Phi) is 4.91. The van der Waals surface area contributed by atoms with Crippen molar-refractivity contribution in [3.8, 4) is 0 Å². The highest BCUT2D eigenvalue weighted by atomic mass is 127. The Hall–Kier alpha value is -1.11. The van der Waals surface area contributed by atoms with E-state index in [0.29, 0.717) is 0 Å². The Morgan fingerprint density at radius 3 is 2.24 bits per heavy atom. The number of rotatable bonds is 3. The van der Waals surface area contributed by atoms with E-state index in [0.717, 1.165) is 9.26 Å². The zero-order valence-electron chi connectivity index (χ0n) is 12.8. The number of carbonyl (C=O) groups excluding carboxylic acids is 2. The van der Waals surface area contributed by atoms with Crippen LogP contribution in [0.2, 0.25) is 0 Å². The molecule has 5 heteroatoms. The van der Waals surface area contributed by atoms with Crippen LogP contribution >= 0.6 is 22.6 Å². The summed E-state index contributed by atoms with van der Waals surface area (Å²) < 4.78 is 0.978. The lowest BCUT2D eigenvalue weighted by molar-refractivity contribution is -0.135. The molecule has 1 fully saturated rings. The molecule has 0 aromatic heterocycles. The highest BCUT2D eigenvalue weighted by molar-refractivity contribution is 14.1. The average Bonchev–Trinajstić information content (AvgIpc) is 2.40. The van der Waals surface area contributed by atoms with Gasteiger partial charge in [0.25, 0.3) is 5.91 Å². The molecule has 0 saturated carbocycles. The summed E-state index contributed by atoms with van der Waals surface area (Å²) >= 11 is 2.21. The molecule has 1 aliphatic heterocycles. The number of hydrogen-bond acceptors (Lipinski definition) is 2. The highest BCUT2D eigenvalue weighted by Gasteiger charge is 2.44. The van der Waals surface area contributed by atoms with Gasteiger partial charge in [-0.2, -0.15) is 0 Å². The molecule has 1 aliphatic rings. The SMILES string of the molecule is CC(C)C1NC(=O)C(C(C)C)N(c2ccccc2I)C1=O. The summed E-state index contributed by atoms with van der Waals surface area (Å²) in [5, 5.41) is 2.88. The van der Waals surface area contributed by atoms with Gasteiger partial charge in [0, 0.05) is 3.57 Å². The molecule has 2 atom stereocenters. The maximum atomic E-state index is 12.9. The largest absolute Gasteiger partial charge is 0.342 e. The first kappa shape index (κ1) is 16.3. The number of anilines is 1. The molecule has 2 rings (SSSR count). The number of para-hydroxylation sites is 1. The maximum absolute atomic E-state index is 12.9. The van der Waals surface area contributed by atoms with Crippen LogP contribution in [-0.2, 0) is 9.59 Å². The van der Waals surface area contributed by atoms with E-state index in [1.54, 1.807) is 4.90 Å². The molecule has 0 aliphatic carbocycles. The van der Waals surface area contributed by atoms with Crippen molar-refractivity contribution in [2.75, 3.05) is 4.90 Å². The third-order valence-corrected chi connectivity index (χ3v) is 4.67. The minimum Gasteiger partial charge on any atom is -0.342 e. The van der Waals surface area contributed by atoms with E-state index in [9.17, 15) is 9.59 Å². The Bertz CT molecular complexity index is 557. The molecule has 0 radical (unpaired) electrons. The van der Waals surface area contributed by atoms with Crippen molar-refractivity contribution in [2.45, 2.75) is 39.8 Å². The summed E-state index contributed by atoms with van der Waals surface area (Å²) in [6.45, 7) is 7.84. The first-order valence-corrected chi connectivity index (χ1v) is 8.30. The highest BCUT2D eigenvalue weighted by Crippen LogP contribution is 2.30. The number of halogens is 1. The second kappa shape index (κ2) is 6.34. The van der Waals surface area contributed by atoms with Gasteiger partial charge in [-0.25, -0.2) is 0 Å².